The number of likely N-dealkylation sites (N-methyl/N-ethyl adjacent to an activating group) is 1. The molecule has 2 aromatic rings. The molecule has 0 heterocycles. The summed E-state index contributed by atoms with van der Waals surface area (Å²) >= 11 is 0. The molecular formula is C17H21NO. The number of nitrogens with zero attached hydrogens (tertiary/aromatic N) is 1. The first-order valence-corrected chi connectivity index (χ1v) is 6.63. The van der Waals surface area contributed by atoms with E-state index in [1.807, 2.05) is 37.4 Å². The van der Waals surface area contributed by atoms with E-state index in [0.717, 1.165) is 12.1 Å². The monoisotopic (exact) mass is 255 g/mol. The second-order valence-electron chi connectivity index (χ2n) is 5.05. The third kappa shape index (κ3) is 3.91. The molecule has 0 spiro atoms. The predicted molar refractivity (Wildman–Crippen MR) is 78.9 cm³/mol. The summed E-state index contributed by atoms with van der Waals surface area (Å²) in [4.78, 5) is 2.15. The van der Waals surface area contributed by atoms with E-state index in [1.54, 1.807) is 0 Å². The van der Waals surface area contributed by atoms with Gasteiger partial charge >= 0.3 is 0 Å². The third-order valence-corrected chi connectivity index (χ3v) is 3.37. The first kappa shape index (κ1) is 13.8. The van der Waals surface area contributed by atoms with Gasteiger partial charge in [0.25, 0.3) is 0 Å². The summed E-state index contributed by atoms with van der Waals surface area (Å²) in [7, 11) is 2.04. The SMILES string of the molecule is Cc1ccccc1CN(C)C[C@H](O)c1ccccc1. The molecule has 0 fully saturated rings. The quantitative estimate of drug-likeness (QED) is 0.887. The largest absolute Gasteiger partial charge is 0.387 e. The maximum Gasteiger partial charge on any atom is 0.0916 e. The summed E-state index contributed by atoms with van der Waals surface area (Å²) in [6.45, 7) is 3.62. The van der Waals surface area contributed by atoms with Crippen molar-refractivity contribution in [2.45, 2.75) is 19.6 Å². The molecule has 0 radical (unpaired) electrons. The van der Waals surface area contributed by atoms with Gasteiger partial charge in [0.15, 0.2) is 0 Å². The molecule has 1 N–H and O–H groups in total. The lowest BCUT2D eigenvalue weighted by molar-refractivity contribution is 0.123. The van der Waals surface area contributed by atoms with Gasteiger partial charge in [-0.25, -0.2) is 0 Å². The van der Waals surface area contributed by atoms with E-state index in [4.69, 9.17) is 0 Å². The lowest BCUT2D eigenvalue weighted by Crippen LogP contribution is -2.24. The van der Waals surface area contributed by atoms with Gasteiger partial charge in [-0.05, 0) is 30.7 Å². The number of benzene rings is 2. The van der Waals surface area contributed by atoms with Crippen molar-refractivity contribution in [3.05, 3.63) is 71.3 Å². The van der Waals surface area contributed by atoms with Crippen molar-refractivity contribution >= 4 is 0 Å². The standard InChI is InChI=1S/C17H21NO/c1-14-8-6-7-11-16(14)12-18(2)13-17(19)15-9-4-3-5-10-15/h3-11,17,19H,12-13H2,1-2H3/t17-/m0/s1. The first-order chi connectivity index (χ1) is 9.16. The summed E-state index contributed by atoms with van der Waals surface area (Å²) in [6, 6.07) is 18.2. The molecule has 0 bridgehead atoms. The van der Waals surface area contributed by atoms with E-state index in [2.05, 4.69) is 36.1 Å². The van der Waals surface area contributed by atoms with Crippen LogP contribution in [0.25, 0.3) is 0 Å². The minimum atomic E-state index is -0.435. The highest BCUT2D eigenvalue weighted by atomic mass is 16.3. The van der Waals surface area contributed by atoms with Crippen LogP contribution in [0.2, 0.25) is 0 Å². The molecule has 1 atom stereocenters. The van der Waals surface area contributed by atoms with Crippen LogP contribution in [0.15, 0.2) is 54.6 Å². The zero-order chi connectivity index (χ0) is 13.7. The average molecular weight is 255 g/mol. The molecule has 0 saturated heterocycles. The number of aliphatic hydroxyl groups excluding tert-OH is 1. The number of hydrogen-bond acceptors (Lipinski definition) is 2. The van der Waals surface area contributed by atoms with Gasteiger partial charge in [0.05, 0.1) is 6.10 Å². The summed E-state index contributed by atoms with van der Waals surface area (Å²) in [5, 5.41) is 10.2. The predicted octanol–water partition coefficient (Wildman–Crippen LogP) is 3.16. The number of aliphatic hydroxyl groups is 1. The van der Waals surface area contributed by atoms with E-state index in [-0.39, 0.29) is 0 Å². The van der Waals surface area contributed by atoms with Crippen molar-refractivity contribution in [3.63, 3.8) is 0 Å². The van der Waals surface area contributed by atoms with Gasteiger partial charge in [-0.3, -0.25) is 4.90 Å². The van der Waals surface area contributed by atoms with E-state index < -0.39 is 6.10 Å². The molecular weight excluding hydrogens is 234 g/mol. The Kier molecular flexibility index (Phi) is 4.72. The van der Waals surface area contributed by atoms with Crippen molar-refractivity contribution in [2.24, 2.45) is 0 Å². The van der Waals surface area contributed by atoms with Crippen LogP contribution in [0.4, 0.5) is 0 Å². The zero-order valence-electron chi connectivity index (χ0n) is 11.6. The van der Waals surface area contributed by atoms with E-state index in [9.17, 15) is 5.11 Å². The number of hydrogen-bond donors (Lipinski definition) is 1. The van der Waals surface area contributed by atoms with Gasteiger partial charge < -0.3 is 5.11 Å². The molecule has 100 valence electrons. The Labute approximate surface area is 115 Å². The smallest absolute Gasteiger partial charge is 0.0916 e. The Morgan fingerprint density at radius 2 is 1.63 bits per heavy atom. The summed E-state index contributed by atoms with van der Waals surface area (Å²) in [6.07, 6.45) is -0.435. The normalized spacial score (nSPS) is 12.6. The van der Waals surface area contributed by atoms with Crippen molar-refractivity contribution in [3.8, 4) is 0 Å². The molecule has 2 aromatic carbocycles. The summed E-state index contributed by atoms with van der Waals surface area (Å²) in [5.41, 5.74) is 3.58. The zero-order valence-corrected chi connectivity index (χ0v) is 11.6. The molecule has 0 aliphatic heterocycles. The maximum absolute atomic E-state index is 10.2. The molecule has 19 heavy (non-hydrogen) atoms. The van der Waals surface area contributed by atoms with Crippen LogP contribution in [0.5, 0.6) is 0 Å². The average Bonchev–Trinajstić information content (AvgIpc) is 2.42. The molecule has 0 unspecified atom stereocenters. The fourth-order valence-electron chi connectivity index (χ4n) is 2.22. The number of aryl methyl sites for hydroxylation is 1. The van der Waals surface area contributed by atoms with Crippen LogP contribution >= 0.6 is 0 Å². The van der Waals surface area contributed by atoms with Gasteiger partial charge in [-0.1, -0.05) is 54.6 Å². The Bertz CT molecular complexity index is 510. The van der Waals surface area contributed by atoms with E-state index in [1.165, 1.54) is 11.1 Å². The fraction of sp³-hybridized carbons (Fsp3) is 0.294. The highest BCUT2D eigenvalue weighted by Crippen LogP contribution is 2.15. The molecule has 0 saturated carbocycles. The molecule has 0 aromatic heterocycles. The summed E-state index contributed by atoms with van der Waals surface area (Å²) in [5.74, 6) is 0. The van der Waals surface area contributed by atoms with Crippen molar-refractivity contribution < 1.29 is 5.11 Å². The maximum atomic E-state index is 10.2. The second kappa shape index (κ2) is 6.50. The van der Waals surface area contributed by atoms with Gasteiger partial charge in [-0.15, -0.1) is 0 Å². The van der Waals surface area contributed by atoms with Gasteiger partial charge in [0, 0.05) is 13.1 Å². The Hall–Kier alpha value is -1.64. The fourth-order valence-corrected chi connectivity index (χ4v) is 2.22. The second-order valence-corrected chi connectivity index (χ2v) is 5.05. The lowest BCUT2D eigenvalue weighted by atomic mass is 10.1. The van der Waals surface area contributed by atoms with Crippen LogP contribution in [0, 0.1) is 6.92 Å². The molecule has 0 aliphatic rings. The van der Waals surface area contributed by atoms with E-state index in [0.29, 0.717) is 6.54 Å². The Morgan fingerprint density at radius 3 is 2.32 bits per heavy atom. The van der Waals surface area contributed by atoms with Gasteiger partial charge in [-0.2, -0.15) is 0 Å². The Balaban J connectivity index is 1.95. The van der Waals surface area contributed by atoms with Gasteiger partial charge in [0.1, 0.15) is 0 Å². The van der Waals surface area contributed by atoms with Crippen LogP contribution in [0.1, 0.15) is 22.8 Å². The summed E-state index contributed by atoms with van der Waals surface area (Å²) < 4.78 is 0. The highest BCUT2D eigenvalue weighted by Gasteiger charge is 2.11. The van der Waals surface area contributed by atoms with Crippen molar-refractivity contribution in [1.82, 2.24) is 4.90 Å². The molecule has 2 nitrogen and oxygen atoms in total. The molecule has 2 heteroatoms. The minimum absolute atomic E-state index is 0.435. The first-order valence-electron chi connectivity index (χ1n) is 6.63. The molecule has 2 rings (SSSR count). The molecule has 0 aliphatic carbocycles. The highest BCUT2D eigenvalue weighted by molar-refractivity contribution is 5.25. The van der Waals surface area contributed by atoms with Crippen LogP contribution in [-0.2, 0) is 6.54 Å². The molecule has 0 amide bonds. The topological polar surface area (TPSA) is 23.5 Å². The number of rotatable bonds is 5. The van der Waals surface area contributed by atoms with Crippen LogP contribution < -0.4 is 0 Å². The Morgan fingerprint density at radius 1 is 1.00 bits per heavy atom. The minimum Gasteiger partial charge on any atom is -0.387 e. The van der Waals surface area contributed by atoms with Crippen LogP contribution in [0.3, 0.4) is 0 Å². The van der Waals surface area contributed by atoms with Crippen LogP contribution in [-0.4, -0.2) is 23.6 Å². The van der Waals surface area contributed by atoms with Crippen molar-refractivity contribution in [2.75, 3.05) is 13.6 Å². The lowest BCUT2D eigenvalue weighted by Gasteiger charge is -2.21. The van der Waals surface area contributed by atoms with E-state index >= 15 is 0 Å². The third-order valence-electron chi connectivity index (χ3n) is 3.37. The van der Waals surface area contributed by atoms with Gasteiger partial charge in [0.2, 0.25) is 0 Å². The van der Waals surface area contributed by atoms with Crippen molar-refractivity contribution in [1.29, 1.82) is 0 Å².